The number of nitrogens with zero attached hydrogens (tertiary/aromatic N) is 1. The van der Waals surface area contributed by atoms with Gasteiger partial charge in [0.15, 0.2) is 0 Å². The summed E-state index contributed by atoms with van der Waals surface area (Å²) >= 11 is 0. The van der Waals surface area contributed by atoms with Crippen LogP contribution in [0.2, 0.25) is 0 Å². The van der Waals surface area contributed by atoms with Gasteiger partial charge in [0.1, 0.15) is 0 Å². The lowest BCUT2D eigenvalue weighted by atomic mass is 9.93. The molecule has 0 atom stereocenters. The van der Waals surface area contributed by atoms with E-state index in [1.54, 1.807) is 0 Å². The van der Waals surface area contributed by atoms with E-state index in [4.69, 9.17) is 0 Å². The lowest BCUT2D eigenvalue weighted by Gasteiger charge is -2.28. The number of unbranched alkanes of at least 4 members (excludes halogenated alkanes) is 1. The van der Waals surface area contributed by atoms with Crippen LogP contribution in [0.5, 0.6) is 0 Å². The lowest BCUT2D eigenvalue weighted by Crippen LogP contribution is -2.33. The summed E-state index contributed by atoms with van der Waals surface area (Å²) in [6, 6.07) is 4.63. The van der Waals surface area contributed by atoms with Crippen LogP contribution in [0.1, 0.15) is 88.9 Å². The first-order chi connectivity index (χ1) is 10.6. The number of rotatable bonds is 7. The van der Waals surface area contributed by atoms with Gasteiger partial charge in [0, 0.05) is 23.8 Å². The minimum absolute atomic E-state index is 0.238. The van der Waals surface area contributed by atoms with Gasteiger partial charge in [-0.05, 0) is 37.8 Å². The molecule has 22 heavy (non-hydrogen) atoms. The molecule has 1 aliphatic carbocycles. The molecule has 1 aliphatic rings. The molecule has 0 spiro atoms. The number of aromatic nitrogens is 1. The third-order valence-corrected chi connectivity index (χ3v) is 4.78. The van der Waals surface area contributed by atoms with Crippen LogP contribution >= 0.6 is 0 Å². The van der Waals surface area contributed by atoms with Crippen LogP contribution < -0.4 is 10.9 Å². The molecule has 2 rings (SSSR count). The maximum absolute atomic E-state index is 13.0. The Kier molecular flexibility index (Phi) is 6.69. The van der Waals surface area contributed by atoms with Gasteiger partial charge in [-0.15, -0.1) is 0 Å². The standard InChI is InChI=1S/C19H32N2O/c1-4-5-13-20-14-16-11-12-18(15(2)3)21(19(16)22)17-9-7-6-8-10-17/h11-12,15,17,20H,4-10,13-14H2,1-3H3. The summed E-state index contributed by atoms with van der Waals surface area (Å²) in [5.41, 5.74) is 2.36. The van der Waals surface area contributed by atoms with E-state index >= 15 is 0 Å². The van der Waals surface area contributed by atoms with E-state index in [2.05, 4.69) is 36.7 Å². The fourth-order valence-electron chi connectivity index (χ4n) is 3.46. The van der Waals surface area contributed by atoms with Gasteiger partial charge >= 0.3 is 0 Å². The molecule has 0 amide bonds. The summed E-state index contributed by atoms with van der Waals surface area (Å²) in [7, 11) is 0. The molecule has 1 saturated carbocycles. The molecule has 1 aromatic heterocycles. The van der Waals surface area contributed by atoms with E-state index in [-0.39, 0.29) is 5.56 Å². The van der Waals surface area contributed by atoms with E-state index in [1.807, 2.05) is 6.07 Å². The molecule has 0 bridgehead atoms. The molecule has 124 valence electrons. The predicted octanol–water partition coefficient (Wildman–Crippen LogP) is 4.37. The highest BCUT2D eigenvalue weighted by Gasteiger charge is 2.21. The third-order valence-electron chi connectivity index (χ3n) is 4.78. The van der Waals surface area contributed by atoms with E-state index in [9.17, 15) is 4.79 Å². The van der Waals surface area contributed by atoms with Gasteiger partial charge in [0.05, 0.1) is 0 Å². The Morgan fingerprint density at radius 3 is 2.59 bits per heavy atom. The maximum atomic E-state index is 13.0. The molecule has 1 fully saturated rings. The Bertz CT molecular complexity index is 513. The third kappa shape index (κ3) is 4.22. The van der Waals surface area contributed by atoms with Crippen molar-refractivity contribution in [1.82, 2.24) is 9.88 Å². The molecular formula is C19H32N2O. The molecule has 3 nitrogen and oxygen atoms in total. The summed E-state index contributed by atoms with van der Waals surface area (Å²) in [6.45, 7) is 8.25. The SMILES string of the molecule is CCCCNCc1ccc(C(C)C)n(C2CCCCC2)c1=O. The monoisotopic (exact) mass is 304 g/mol. The number of hydrogen-bond donors (Lipinski definition) is 1. The summed E-state index contributed by atoms with van der Waals surface area (Å²) in [6.07, 6.45) is 8.51. The minimum Gasteiger partial charge on any atom is -0.312 e. The van der Waals surface area contributed by atoms with Crippen molar-refractivity contribution in [1.29, 1.82) is 0 Å². The average molecular weight is 304 g/mol. The van der Waals surface area contributed by atoms with Crippen LogP contribution in [0.25, 0.3) is 0 Å². The first-order valence-corrected chi connectivity index (χ1v) is 9.10. The van der Waals surface area contributed by atoms with Gasteiger partial charge in [0.25, 0.3) is 5.56 Å². The van der Waals surface area contributed by atoms with Crippen LogP contribution in [0.15, 0.2) is 16.9 Å². The quantitative estimate of drug-likeness (QED) is 0.759. The van der Waals surface area contributed by atoms with E-state index in [1.165, 1.54) is 37.8 Å². The van der Waals surface area contributed by atoms with Crippen molar-refractivity contribution >= 4 is 0 Å². The summed E-state index contributed by atoms with van der Waals surface area (Å²) in [5.74, 6) is 0.400. The second-order valence-electron chi connectivity index (χ2n) is 6.94. The number of nitrogens with one attached hydrogen (secondary N) is 1. The Balaban J connectivity index is 2.24. The van der Waals surface area contributed by atoms with Crippen molar-refractivity contribution in [3.05, 3.63) is 33.7 Å². The highest BCUT2D eigenvalue weighted by atomic mass is 16.1. The van der Waals surface area contributed by atoms with Gasteiger partial charge < -0.3 is 9.88 Å². The zero-order valence-corrected chi connectivity index (χ0v) is 14.5. The van der Waals surface area contributed by atoms with Crippen LogP contribution in [-0.4, -0.2) is 11.1 Å². The molecule has 0 aromatic carbocycles. The molecule has 0 radical (unpaired) electrons. The van der Waals surface area contributed by atoms with Crippen LogP contribution in [-0.2, 0) is 6.54 Å². The fraction of sp³-hybridized carbons (Fsp3) is 0.737. The minimum atomic E-state index is 0.238. The Morgan fingerprint density at radius 1 is 1.23 bits per heavy atom. The zero-order chi connectivity index (χ0) is 15.9. The first kappa shape index (κ1) is 17.3. The second-order valence-corrected chi connectivity index (χ2v) is 6.94. The van der Waals surface area contributed by atoms with Crippen LogP contribution in [0.3, 0.4) is 0 Å². The normalized spacial score (nSPS) is 16.4. The van der Waals surface area contributed by atoms with Crippen molar-refractivity contribution in [2.45, 2.75) is 84.2 Å². The topological polar surface area (TPSA) is 34.0 Å². The highest BCUT2D eigenvalue weighted by molar-refractivity contribution is 5.19. The van der Waals surface area contributed by atoms with Gasteiger partial charge in [0.2, 0.25) is 0 Å². The molecule has 0 unspecified atom stereocenters. The molecule has 1 heterocycles. The fourth-order valence-corrected chi connectivity index (χ4v) is 3.46. The van der Waals surface area contributed by atoms with Crippen LogP contribution in [0.4, 0.5) is 0 Å². The Labute approximate surface area is 135 Å². The summed E-state index contributed by atoms with van der Waals surface area (Å²) < 4.78 is 2.13. The molecule has 0 saturated heterocycles. The average Bonchev–Trinajstić information content (AvgIpc) is 2.53. The van der Waals surface area contributed by atoms with E-state index < -0.39 is 0 Å². The van der Waals surface area contributed by atoms with Crippen LogP contribution in [0, 0.1) is 0 Å². The molecule has 0 aliphatic heterocycles. The van der Waals surface area contributed by atoms with E-state index in [0.717, 1.165) is 24.9 Å². The molecule has 1 N–H and O–H groups in total. The van der Waals surface area contributed by atoms with E-state index in [0.29, 0.717) is 18.5 Å². The van der Waals surface area contributed by atoms with Crippen molar-refractivity contribution in [2.24, 2.45) is 0 Å². The molecule has 1 aromatic rings. The largest absolute Gasteiger partial charge is 0.312 e. The van der Waals surface area contributed by atoms with Gasteiger partial charge in [-0.25, -0.2) is 0 Å². The summed E-state index contributed by atoms with van der Waals surface area (Å²) in [4.78, 5) is 13.0. The Hall–Kier alpha value is -1.09. The van der Waals surface area contributed by atoms with Gasteiger partial charge in [-0.3, -0.25) is 4.79 Å². The van der Waals surface area contributed by atoms with Gasteiger partial charge in [-0.1, -0.05) is 52.5 Å². The second kappa shape index (κ2) is 8.52. The smallest absolute Gasteiger partial charge is 0.255 e. The number of pyridine rings is 1. The van der Waals surface area contributed by atoms with Crippen molar-refractivity contribution < 1.29 is 0 Å². The van der Waals surface area contributed by atoms with Crippen molar-refractivity contribution in [3.63, 3.8) is 0 Å². The number of hydrogen-bond acceptors (Lipinski definition) is 2. The highest BCUT2D eigenvalue weighted by Crippen LogP contribution is 2.29. The lowest BCUT2D eigenvalue weighted by molar-refractivity contribution is 0.334. The maximum Gasteiger partial charge on any atom is 0.255 e. The first-order valence-electron chi connectivity index (χ1n) is 9.10. The van der Waals surface area contributed by atoms with Crippen molar-refractivity contribution in [2.75, 3.05) is 6.54 Å². The van der Waals surface area contributed by atoms with Gasteiger partial charge in [-0.2, -0.15) is 0 Å². The predicted molar refractivity (Wildman–Crippen MR) is 93.5 cm³/mol. The van der Waals surface area contributed by atoms with Crippen molar-refractivity contribution in [3.8, 4) is 0 Å². The molecule has 3 heteroatoms. The Morgan fingerprint density at radius 2 is 1.95 bits per heavy atom. The summed E-state index contributed by atoms with van der Waals surface area (Å²) in [5, 5.41) is 3.41. The molecular weight excluding hydrogens is 272 g/mol. The zero-order valence-electron chi connectivity index (χ0n) is 14.5.